The Morgan fingerprint density at radius 3 is 2.16 bits per heavy atom. The number of rotatable bonds is 14. The number of methoxy groups -OCH3 is 2. The predicted octanol–water partition coefficient (Wildman–Crippen LogP) is 6.64. The lowest BCUT2D eigenvalue weighted by atomic mass is 9.94. The number of amides is 2. The second-order valence-electron chi connectivity index (χ2n) is 12.1. The lowest BCUT2D eigenvalue weighted by Gasteiger charge is -2.35. The van der Waals surface area contributed by atoms with Gasteiger partial charge in [-0.25, -0.2) is 8.42 Å². The molecule has 0 bridgehead atoms. The Kier molecular flexibility index (Phi) is 12.2. The van der Waals surface area contributed by atoms with Crippen molar-refractivity contribution in [2.75, 3.05) is 25.1 Å². The van der Waals surface area contributed by atoms with E-state index in [4.69, 9.17) is 21.1 Å². The van der Waals surface area contributed by atoms with Crippen molar-refractivity contribution in [1.29, 1.82) is 0 Å². The number of nitrogens with one attached hydrogen (secondary N) is 1. The molecular weight excluding hydrogens is 662 g/mol. The molecule has 1 aliphatic rings. The molecule has 1 saturated carbocycles. The average molecular weight is 704 g/mol. The monoisotopic (exact) mass is 703 g/mol. The van der Waals surface area contributed by atoms with Crippen LogP contribution in [0, 0.1) is 0 Å². The first-order valence-electron chi connectivity index (χ1n) is 16.4. The summed E-state index contributed by atoms with van der Waals surface area (Å²) < 4.78 is 40.3. The van der Waals surface area contributed by atoms with E-state index < -0.39 is 28.5 Å². The summed E-state index contributed by atoms with van der Waals surface area (Å²) >= 11 is 6.34. The van der Waals surface area contributed by atoms with Crippen molar-refractivity contribution < 1.29 is 27.5 Å². The Labute approximate surface area is 293 Å². The van der Waals surface area contributed by atoms with Crippen molar-refractivity contribution in [3.63, 3.8) is 0 Å². The van der Waals surface area contributed by atoms with Crippen molar-refractivity contribution in [3.8, 4) is 11.5 Å². The summed E-state index contributed by atoms with van der Waals surface area (Å²) in [6, 6.07) is 28.2. The summed E-state index contributed by atoms with van der Waals surface area (Å²) in [6.45, 7) is -0.543. The number of sulfonamides is 1. The van der Waals surface area contributed by atoms with Gasteiger partial charge in [-0.3, -0.25) is 13.9 Å². The number of anilines is 1. The van der Waals surface area contributed by atoms with Gasteiger partial charge >= 0.3 is 0 Å². The highest BCUT2D eigenvalue weighted by Crippen LogP contribution is 2.29. The Morgan fingerprint density at radius 2 is 1.49 bits per heavy atom. The van der Waals surface area contributed by atoms with Crippen molar-refractivity contribution >= 4 is 39.1 Å². The first-order chi connectivity index (χ1) is 23.7. The van der Waals surface area contributed by atoms with Crippen molar-refractivity contribution in [3.05, 3.63) is 119 Å². The van der Waals surface area contributed by atoms with Gasteiger partial charge in [0.1, 0.15) is 24.1 Å². The number of ether oxygens (including phenoxy) is 2. The Balaban J connectivity index is 1.57. The fourth-order valence-corrected chi connectivity index (χ4v) is 7.69. The number of carbonyl (C=O) groups is 2. The maximum atomic E-state index is 14.7. The zero-order chi connectivity index (χ0) is 34.8. The van der Waals surface area contributed by atoms with Crippen LogP contribution in [-0.4, -0.2) is 58.0 Å². The third kappa shape index (κ3) is 9.33. The molecule has 5 rings (SSSR count). The molecule has 0 aromatic heterocycles. The molecule has 258 valence electrons. The smallest absolute Gasteiger partial charge is 0.264 e. The standard InChI is InChI=1S/C38H42ClN3O6S/c1-47-33-19-21-35(22-20-33)49(45,46)42(32-17-10-14-30(39)25-32)27-37(43)41(26-29-13-9-18-34(23-29)48-2)36(24-28-11-5-3-6-12-28)38(44)40-31-15-7-4-8-16-31/h3,5-6,9-14,17-23,25,31,36H,4,7-8,15-16,24,26-27H2,1-2H3,(H,40,44). The van der Waals surface area contributed by atoms with Gasteiger partial charge in [0.2, 0.25) is 11.8 Å². The predicted molar refractivity (Wildman–Crippen MR) is 191 cm³/mol. The number of nitrogens with zero attached hydrogens (tertiary/aromatic N) is 2. The topological polar surface area (TPSA) is 105 Å². The summed E-state index contributed by atoms with van der Waals surface area (Å²) in [5.41, 5.74) is 1.81. The quantitative estimate of drug-likeness (QED) is 0.158. The van der Waals surface area contributed by atoms with Gasteiger partial charge in [0.15, 0.2) is 0 Å². The van der Waals surface area contributed by atoms with E-state index in [1.807, 2.05) is 48.5 Å². The molecule has 2 amide bonds. The van der Waals surface area contributed by atoms with Crippen LogP contribution in [-0.2, 0) is 32.6 Å². The Morgan fingerprint density at radius 1 is 0.816 bits per heavy atom. The highest BCUT2D eigenvalue weighted by Gasteiger charge is 2.35. The number of hydrogen-bond donors (Lipinski definition) is 1. The minimum absolute atomic E-state index is 0.00621. The number of hydrogen-bond acceptors (Lipinski definition) is 6. The average Bonchev–Trinajstić information content (AvgIpc) is 3.12. The fourth-order valence-electron chi connectivity index (χ4n) is 6.10. The van der Waals surface area contributed by atoms with Crippen molar-refractivity contribution in [2.45, 2.75) is 62.0 Å². The van der Waals surface area contributed by atoms with E-state index in [0.29, 0.717) is 16.5 Å². The van der Waals surface area contributed by atoms with Crippen LogP contribution in [0.3, 0.4) is 0 Å². The maximum Gasteiger partial charge on any atom is 0.264 e. The van der Waals surface area contributed by atoms with Gasteiger partial charge in [-0.2, -0.15) is 0 Å². The lowest BCUT2D eigenvalue weighted by Crippen LogP contribution is -2.55. The summed E-state index contributed by atoms with van der Waals surface area (Å²) in [5, 5.41) is 3.53. The van der Waals surface area contributed by atoms with Crippen molar-refractivity contribution in [1.82, 2.24) is 10.2 Å². The Hall–Kier alpha value is -4.54. The molecule has 4 aromatic carbocycles. The molecule has 1 atom stereocenters. The normalized spacial score (nSPS) is 14.0. The minimum Gasteiger partial charge on any atom is -0.497 e. The van der Waals surface area contributed by atoms with Crippen LogP contribution < -0.4 is 19.1 Å². The molecule has 1 aliphatic carbocycles. The van der Waals surface area contributed by atoms with Gasteiger partial charge in [0.05, 0.1) is 24.8 Å². The largest absolute Gasteiger partial charge is 0.497 e. The van der Waals surface area contributed by atoms with E-state index >= 15 is 0 Å². The number of benzene rings is 4. The van der Waals surface area contributed by atoms with Crippen LogP contribution in [0.5, 0.6) is 11.5 Å². The zero-order valence-electron chi connectivity index (χ0n) is 27.8. The molecule has 1 fully saturated rings. The SMILES string of the molecule is COc1ccc(S(=O)(=O)N(CC(=O)N(Cc2cccc(OC)c2)C(Cc2ccccc2)C(=O)NC2CCCCC2)c2cccc(Cl)c2)cc1. The van der Waals surface area contributed by atoms with E-state index in [-0.39, 0.29) is 35.5 Å². The summed E-state index contributed by atoms with van der Waals surface area (Å²) in [6.07, 6.45) is 5.16. The first-order valence-corrected chi connectivity index (χ1v) is 18.2. The van der Waals surface area contributed by atoms with Gasteiger partial charge < -0.3 is 19.7 Å². The molecule has 49 heavy (non-hydrogen) atoms. The van der Waals surface area contributed by atoms with E-state index in [9.17, 15) is 18.0 Å². The molecule has 1 N–H and O–H groups in total. The molecule has 0 saturated heterocycles. The van der Waals surface area contributed by atoms with Gasteiger partial charge in [0, 0.05) is 24.0 Å². The first kappa shape index (κ1) is 35.8. The van der Waals surface area contributed by atoms with Crippen LogP contribution in [0.2, 0.25) is 5.02 Å². The van der Waals surface area contributed by atoms with Gasteiger partial charge in [-0.05, 0) is 78.6 Å². The third-order valence-electron chi connectivity index (χ3n) is 8.73. The van der Waals surface area contributed by atoms with Crippen LogP contribution >= 0.6 is 11.6 Å². The van der Waals surface area contributed by atoms with E-state index in [1.54, 1.807) is 43.5 Å². The number of halogens is 1. The van der Waals surface area contributed by atoms with E-state index in [0.717, 1.165) is 47.5 Å². The molecular formula is C38H42ClN3O6S. The van der Waals surface area contributed by atoms with Crippen LogP contribution in [0.15, 0.2) is 108 Å². The third-order valence-corrected chi connectivity index (χ3v) is 10.8. The Bertz CT molecular complexity index is 1810. The van der Waals surface area contributed by atoms with Gasteiger partial charge in [-0.15, -0.1) is 0 Å². The van der Waals surface area contributed by atoms with E-state index in [1.165, 1.54) is 30.2 Å². The molecule has 0 spiro atoms. The maximum absolute atomic E-state index is 14.7. The van der Waals surface area contributed by atoms with Crippen molar-refractivity contribution in [2.24, 2.45) is 0 Å². The highest BCUT2D eigenvalue weighted by atomic mass is 35.5. The molecule has 0 radical (unpaired) electrons. The second kappa shape index (κ2) is 16.7. The molecule has 4 aromatic rings. The highest BCUT2D eigenvalue weighted by molar-refractivity contribution is 7.92. The van der Waals surface area contributed by atoms with Gasteiger partial charge in [-0.1, -0.05) is 79.4 Å². The molecule has 11 heteroatoms. The summed E-state index contributed by atoms with van der Waals surface area (Å²) in [4.78, 5) is 30.5. The second-order valence-corrected chi connectivity index (χ2v) is 14.4. The molecule has 0 heterocycles. The fraction of sp³-hybridized carbons (Fsp3) is 0.316. The van der Waals surface area contributed by atoms with Crippen LogP contribution in [0.25, 0.3) is 0 Å². The minimum atomic E-state index is -4.28. The molecule has 9 nitrogen and oxygen atoms in total. The zero-order valence-corrected chi connectivity index (χ0v) is 29.3. The molecule has 1 unspecified atom stereocenters. The van der Waals surface area contributed by atoms with Gasteiger partial charge in [0.25, 0.3) is 10.0 Å². The lowest BCUT2D eigenvalue weighted by molar-refractivity contribution is -0.140. The van der Waals surface area contributed by atoms with E-state index in [2.05, 4.69) is 5.32 Å². The summed E-state index contributed by atoms with van der Waals surface area (Å²) in [7, 11) is -1.23. The van der Waals surface area contributed by atoms with Crippen LogP contribution in [0.1, 0.15) is 43.2 Å². The number of carbonyl (C=O) groups excluding carboxylic acids is 2. The summed E-state index contributed by atoms with van der Waals surface area (Å²) in [5.74, 6) is 0.249. The molecule has 0 aliphatic heterocycles. The van der Waals surface area contributed by atoms with Crippen LogP contribution in [0.4, 0.5) is 5.69 Å².